The lowest BCUT2D eigenvalue weighted by atomic mass is 10.0. The van der Waals surface area contributed by atoms with Gasteiger partial charge in [-0.15, -0.1) is 0 Å². The number of benzene rings is 1. The van der Waals surface area contributed by atoms with Crippen molar-refractivity contribution in [2.45, 2.75) is 18.9 Å². The number of carbonyl (C=O) groups excluding carboxylic acids is 2. The van der Waals surface area contributed by atoms with Gasteiger partial charge in [-0.05, 0) is 36.6 Å². The van der Waals surface area contributed by atoms with Crippen LogP contribution in [0.15, 0.2) is 30.6 Å². The van der Waals surface area contributed by atoms with Gasteiger partial charge in [-0.25, -0.2) is 0 Å². The van der Waals surface area contributed by atoms with Gasteiger partial charge >= 0.3 is 0 Å². The topological polar surface area (TPSA) is 94.9 Å². The molecule has 0 bridgehead atoms. The first kappa shape index (κ1) is 22.2. The van der Waals surface area contributed by atoms with E-state index in [9.17, 15) is 9.59 Å². The number of amides is 2. The predicted molar refractivity (Wildman–Crippen MR) is 115 cm³/mol. The maximum atomic E-state index is 12.6. The number of aromatic nitrogens is 2. The van der Waals surface area contributed by atoms with Crippen LogP contribution >= 0.6 is 0 Å². The fourth-order valence-electron chi connectivity index (χ4n) is 3.52. The van der Waals surface area contributed by atoms with Gasteiger partial charge in [0.2, 0.25) is 11.7 Å². The van der Waals surface area contributed by atoms with Crippen molar-refractivity contribution < 1.29 is 23.8 Å². The number of hydrogen-bond donors (Lipinski definition) is 1. The van der Waals surface area contributed by atoms with E-state index in [4.69, 9.17) is 14.2 Å². The second-order valence-electron chi connectivity index (χ2n) is 7.27. The Morgan fingerprint density at radius 2 is 1.74 bits per heavy atom. The van der Waals surface area contributed by atoms with E-state index in [2.05, 4.69) is 10.4 Å². The van der Waals surface area contributed by atoms with Gasteiger partial charge in [-0.2, -0.15) is 5.10 Å². The third kappa shape index (κ3) is 5.36. The summed E-state index contributed by atoms with van der Waals surface area (Å²) in [5, 5.41) is 7.03. The number of hydrogen-bond acceptors (Lipinski definition) is 6. The standard InChI is InChI=1S/C22H28N4O5/c1-25-14-16(13-23-25)22(28)24-17-7-9-26(10-8-17)20(27)6-5-15-11-18(29-2)21(31-4)19(12-15)30-3/h5-6,11-14,17H,7-10H2,1-4H3,(H,24,28)/b6-5+. The summed E-state index contributed by atoms with van der Waals surface area (Å²) in [7, 11) is 6.41. The minimum atomic E-state index is -0.139. The largest absolute Gasteiger partial charge is 0.493 e. The Labute approximate surface area is 181 Å². The fourth-order valence-corrected chi connectivity index (χ4v) is 3.52. The maximum absolute atomic E-state index is 12.6. The zero-order chi connectivity index (χ0) is 22.4. The monoisotopic (exact) mass is 428 g/mol. The third-order valence-electron chi connectivity index (χ3n) is 5.21. The van der Waals surface area contributed by atoms with Crippen LogP contribution in [-0.4, -0.2) is 67.0 Å². The van der Waals surface area contributed by atoms with Crippen molar-refractivity contribution >= 4 is 17.9 Å². The Morgan fingerprint density at radius 1 is 1.10 bits per heavy atom. The van der Waals surface area contributed by atoms with Crippen molar-refractivity contribution in [3.8, 4) is 17.2 Å². The molecule has 0 saturated carbocycles. The van der Waals surface area contributed by atoms with Crippen molar-refractivity contribution in [2.75, 3.05) is 34.4 Å². The Hall–Kier alpha value is -3.49. The second-order valence-corrected chi connectivity index (χ2v) is 7.27. The number of piperidine rings is 1. The number of aryl methyl sites for hydroxylation is 1. The van der Waals surface area contributed by atoms with Gasteiger partial charge in [0.25, 0.3) is 5.91 Å². The summed E-state index contributed by atoms with van der Waals surface area (Å²) in [6.45, 7) is 1.16. The van der Waals surface area contributed by atoms with Gasteiger partial charge in [-0.1, -0.05) is 0 Å². The van der Waals surface area contributed by atoms with Gasteiger partial charge in [0.05, 0.1) is 33.1 Å². The molecule has 0 aliphatic carbocycles. The van der Waals surface area contributed by atoms with E-state index >= 15 is 0 Å². The molecule has 1 aliphatic rings. The molecule has 2 aromatic rings. The highest BCUT2D eigenvalue weighted by molar-refractivity contribution is 5.94. The molecular formula is C22H28N4O5. The first-order chi connectivity index (χ1) is 14.9. The number of nitrogens with zero attached hydrogens (tertiary/aromatic N) is 3. The summed E-state index contributed by atoms with van der Waals surface area (Å²) in [6, 6.07) is 3.60. The Balaban J connectivity index is 1.56. The molecule has 1 aromatic heterocycles. The molecule has 166 valence electrons. The molecule has 0 atom stereocenters. The summed E-state index contributed by atoms with van der Waals surface area (Å²) >= 11 is 0. The molecule has 0 spiro atoms. The van der Waals surface area contributed by atoms with Crippen LogP contribution in [0.1, 0.15) is 28.8 Å². The number of likely N-dealkylation sites (tertiary alicyclic amines) is 1. The lowest BCUT2D eigenvalue weighted by Gasteiger charge is -2.31. The Morgan fingerprint density at radius 3 is 2.26 bits per heavy atom. The number of rotatable bonds is 7. The van der Waals surface area contributed by atoms with Crippen LogP contribution < -0.4 is 19.5 Å². The summed E-state index contributed by atoms with van der Waals surface area (Å²) in [5.41, 5.74) is 1.30. The molecule has 0 radical (unpaired) electrons. The van der Waals surface area contributed by atoms with E-state index < -0.39 is 0 Å². The number of methoxy groups -OCH3 is 3. The van der Waals surface area contributed by atoms with Crippen LogP contribution in [0.3, 0.4) is 0 Å². The smallest absolute Gasteiger partial charge is 0.254 e. The minimum absolute atomic E-state index is 0.0378. The second kappa shape index (κ2) is 10.0. The number of nitrogens with one attached hydrogen (secondary N) is 1. The number of ether oxygens (including phenoxy) is 3. The lowest BCUT2D eigenvalue weighted by Crippen LogP contribution is -2.46. The zero-order valence-electron chi connectivity index (χ0n) is 18.3. The summed E-state index contributed by atoms with van der Waals surface area (Å²) in [4.78, 5) is 26.7. The van der Waals surface area contributed by atoms with Crippen LogP contribution in [0, 0.1) is 0 Å². The van der Waals surface area contributed by atoms with Gasteiger partial charge in [-0.3, -0.25) is 14.3 Å². The van der Waals surface area contributed by atoms with Crippen LogP contribution in [0.4, 0.5) is 0 Å². The average Bonchev–Trinajstić information content (AvgIpc) is 3.23. The molecule has 0 unspecified atom stereocenters. The van der Waals surface area contributed by atoms with Gasteiger partial charge < -0.3 is 24.4 Å². The molecule has 2 amide bonds. The van der Waals surface area contributed by atoms with Gasteiger partial charge in [0, 0.05) is 38.5 Å². The Bertz CT molecular complexity index is 936. The van der Waals surface area contributed by atoms with Gasteiger partial charge in [0.15, 0.2) is 11.5 Å². The molecule has 1 aromatic carbocycles. The first-order valence-electron chi connectivity index (χ1n) is 10.0. The van der Waals surface area contributed by atoms with Crippen LogP contribution in [0.25, 0.3) is 6.08 Å². The summed E-state index contributed by atoms with van der Waals surface area (Å²) < 4.78 is 17.6. The van der Waals surface area contributed by atoms with Crippen LogP contribution in [0.5, 0.6) is 17.2 Å². The van der Waals surface area contributed by atoms with E-state index in [1.807, 2.05) is 0 Å². The Kier molecular flexibility index (Phi) is 7.17. The first-order valence-corrected chi connectivity index (χ1v) is 10.0. The quantitative estimate of drug-likeness (QED) is 0.677. The molecule has 1 fully saturated rings. The van der Waals surface area contributed by atoms with Crippen LogP contribution in [0.2, 0.25) is 0 Å². The SMILES string of the molecule is COc1cc(/C=C/C(=O)N2CCC(NC(=O)c3cnn(C)c3)CC2)cc(OC)c1OC. The highest BCUT2D eigenvalue weighted by Crippen LogP contribution is 2.38. The molecule has 2 heterocycles. The molecule has 3 rings (SSSR count). The average molecular weight is 428 g/mol. The van der Waals surface area contributed by atoms with E-state index in [1.54, 1.807) is 68.6 Å². The molecule has 1 N–H and O–H groups in total. The highest BCUT2D eigenvalue weighted by atomic mass is 16.5. The normalized spacial score (nSPS) is 14.5. The maximum Gasteiger partial charge on any atom is 0.254 e. The van der Waals surface area contributed by atoms with E-state index in [0.717, 1.165) is 5.56 Å². The van der Waals surface area contributed by atoms with E-state index in [0.29, 0.717) is 48.7 Å². The van der Waals surface area contributed by atoms with Crippen LogP contribution in [-0.2, 0) is 11.8 Å². The molecule has 9 nitrogen and oxygen atoms in total. The minimum Gasteiger partial charge on any atom is -0.493 e. The predicted octanol–water partition coefficient (Wildman–Crippen LogP) is 1.88. The molecule has 1 saturated heterocycles. The number of carbonyl (C=O) groups is 2. The zero-order valence-corrected chi connectivity index (χ0v) is 18.3. The highest BCUT2D eigenvalue weighted by Gasteiger charge is 2.23. The van der Waals surface area contributed by atoms with Crippen molar-refractivity contribution in [1.29, 1.82) is 0 Å². The van der Waals surface area contributed by atoms with Gasteiger partial charge in [0.1, 0.15) is 0 Å². The molecular weight excluding hydrogens is 400 g/mol. The summed E-state index contributed by atoms with van der Waals surface area (Å²) in [5.74, 6) is 1.34. The van der Waals surface area contributed by atoms with E-state index in [1.165, 1.54) is 6.08 Å². The van der Waals surface area contributed by atoms with Crippen molar-refractivity contribution in [3.05, 3.63) is 41.7 Å². The third-order valence-corrected chi connectivity index (χ3v) is 5.21. The van der Waals surface area contributed by atoms with Crippen molar-refractivity contribution in [2.24, 2.45) is 7.05 Å². The molecule has 9 heteroatoms. The molecule has 1 aliphatic heterocycles. The molecule has 31 heavy (non-hydrogen) atoms. The van der Waals surface area contributed by atoms with Crippen molar-refractivity contribution in [1.82, 2.24) is 20.0 Å². The lowest BCUT2D eigenvalue weighted by molar-refractivity contribution is -0.126. The summed E-state index contributed by atoms with van der Waals surface area (Å²) in [6.07, 6.45) is 7.90. The van der Waals surface area contributed by atoms with Crippen molar-refractivity contribution in [3.63, 3.8) is 0 Å². The fraction of sp³-hybridized carbons (Fsp3) is 0.409. The van der Waals surface area contributed by atoms with E-state index in [-0.39, 0.29) is 17.9 Å².